The molecule has 1 saturated heterocycles. The average Bonchev–Trinajstić information content (AvgIpc) is 2.84. The number of nitro groups is 1. The monoisotopic (exact) mass is 292 g/mol. The van der Waals surface area contributed by atoms with Crippen molar-refractivity contribution in [2.24, 2.45) is 0 Å². The molecule has 6 heteroatoms. The third kappa shape index (κ3) is 2.57. The fourth-order valence-corrected chi connectivity index (χ4v) is 3.29. The van der Waals surface area contributed by atoms with Crippen LogP contribution in [0.15, 0.2) is 18.2 Å². The van der Waals surface area contributed by atoms with Crippen LogP contribution in [0.3, 0.4) is 0 Å². The van der Waals surface area contributed by atoms with Crippen molar-refractivity contribution in [3.8, 4) is 0 Å². The normalized spacial score (nSPS) is 21.5. The number of rotatable bonds is 5. The maximum Gasteiger partial charge on any atom is 0.329 e. The molecular weight excluding hydrogens is 272 g/mol. The Kier molecular flexibility index (Phi) is 4.16. The minimum Gasteiger partial charge on any atom is -0.479 e. The van der Waals surface area contributed by atoms with Gasteiger partial charge < -0.3 is 10.0 Å². The van der Waals surface area contributed by atoms with E-state index in [1.54, 1.807) is 13.0 Å². The number of non-ortho nitro benzene ring substituents is 1. The van der Waals surface area contributed by atoms with Crippen LogP contribution in [0.25, 0.3) is 0 Å². The van der Waals surface area contributed by atoms with Gasteiger partial charge in [-0.1, -0.05) is 13.3 Å². The van der Waals surface area contributed by atoms with Gasteiger partial charge in [0.15, 0.2) is 0 Å². The van der Waals surface area contributed by atoms with E-state index >= 15 is 0 Å². The number of carbonyl (C=O) groups is 1. The van der Waals surface area contributed by atoms with E-state index in [-0.39, 0.29) is 5.69 Å². The van der Waals surface area contributed by atoms with Crippen molar-refractivity contribution in [1.29, 1.82) is 0 Å². The molecule has 1 unspecified atom stereocenters. The lowest BCUT2D eigenvalue weighted by Crippen LogP contribution is -2.51. The summed E-state index contributed by atoms with van der Waals surface area (Å²) in [7, 11) is 0. The molecule has 21 heavy (non-hydrogen) atoms. The molecule has 6 nitrogen and oxygen atoms in total. The Labute approximate surface area is 123 Å². The summed E-state index contributed by atoms with van der Waals surface area (Å²) in [5, 5.41) is 20.5. The minimum atomic E-state index is -0.879. The predicted octanol–water partition coefficient (Wildman–Crippen LogP) is 3.13. The van der Waals surface area contributed by atoms with Gasteiger partial charge in [-0.15, -0.1) is 0 Å². The summed E-state index contributed by atoms with van der Waals surface area (Å²) < 4.78 is 0. The molecule has 1 aromatic rings. The van der Waals surface area contributed by atoms with E-state index in [1.807, 2.05) is 11.8 Å². The highest BCUT2D eigenvalue weighted by atomic mass is 16.6. The Morgan fingerprint density at radius 1 is 1.52 bits per heavy atom. The van der Waals surface area contributed by atoms with Gasteiger partial charge in [0.2, 0.25) is 0 Å². The van der Waals surface area contributed by atoms with Crippen molar-refractivity contribution in [3.63, 3.8) is 0 Å². The van der Waals surface area contributed by atoms with Crippen LogP contribution in [0, 0.1) is 17.0 Å². The Balaban J connectivity index is 2.44. The summed E-state index contributed by atoms with van der Waals surface area (Å²) in [6, 6.07) is 4.62. The van der Waals surface area contributed by atoms with Crippen molar-refractivity contribution < 1.29 is 14.8 Å². The maximum atomic E-state index is 11.8. The molecule has 1 heterocycles. The fraction of sp³-hybridized carbons (Fsp3) is 0.533. The van der Waals surface area contributed by atoms with E-state index in [0.29, 0.717) is 19.4 Å². The lowest BCUT2D eigenvalue weighted by Gasteiger charge is -2.37. The Morgan fingerprint density at radius 2 is 2.24 bits per heavy atom. The van der Waals surface area contributed by atoms with E-state index in [2.05, 4.69) is 0 Å². The fourth-order valence-electron chi connectivity index (χ4n) is 3.29. The van der Waals surface area contributed by atoms with Gasteiger partial charge in [0.05, 0.1) is 4.92 Å². The second-order valence-electron chi connectivity index (χ2n) is 5.57. The largest absolute Gasteiger partial charge is 0.479 e. The van der Waals surface area contributed by atoms with E-state index in [4.69, 9.17) is 0 Å². The van der Waals surface area contributed by atoms with E-state index < -0.39 is 16.4 Å². The number of aryl methyl sites for hydroxylation is 1. The third-order valence-corrected chi connectivity index (χ3v) is 4.23. The van der Waals surface area contributed by atoms with Crippen LogP contribution in [0.5, 0.6) is 0 Å². The second-order valence-corrected chi connectivity index (χ2v) is 5.57. The highest BCUT2D eigenvalue weighted by Crippen LogP contribution is 2.40. The summed E-state index contributed by atoms with van der Waals surface area (Å²) in [6.07, 6.45) is 2.81. The molecule has 1 aliphatic heterocycles. The van der Waals surface area contributed by atoms with Gasteiger partial charge in [-0.2, -0.15) is 0 Å². The van der Waals surface area contributed by atoms with Gasteiger partial charge >= 0.3 is 5.97 Å². The van der Waals surface area contributed by atoms with Gasteiger partial charge in [0.25, 0.3) is 5.69 Å². The van der Waals surface area contributed by atoms with Crippen molar-refractivity contribution in [3.05, 3.63) is 33.9 Å². The molecule has 0 aromatic heterocycles. The van der Waals surface area contributed by atoms with Gasteiger partial charge in [-0.3, -0.25) is 10.1 Å². The SMILES string of the molecule is CCCC1(C(=O)O)CCCN1c1ccc([N+](=O)[O-])cc1C. The predicted molar refractivity (Wildman–Crippen MR) is 79.7 cm³/mol. The number of aliphatic carboxylic acids is 1. The van der Waals surface area contributed by atoms with Crippen LogP contribution in [0.1, 0.15) is 38.2 Å². The number of carboxylic acid groups (broad SMARTS) is 1. The molecule has 1 atom stereocenters. The topological polar surface area (TPSA) is 83.7 Å². The maximum absolute atomic E-state index is 11.8. The van der Waals surface area contributed by atoms with Crippen molar-refractivity contribution in [2.45, 2.75) is 45.1 Å². The second kappa shape index (κ2) is 5.71. The van der Waals surface area contributed by atoms with Crippen LogP contribution in [0.2, 0.25) is 0 Å². The molecule has 1 aromatic carbocycles. The standard InChI is InChI=1S/C15H20N2O4/c1-3-7-15(14(18)19)8-4-9-16(15)13-6-5-12(17(20)21)10-11(13)2/h5-6,10H,3-4,7-9H2,1-2H3,(H,18,19). The van der Waals surface area contributed by atoms with Crippen molar-refractivity contribution in [1.82, 2.24) is 0 Å². The number of nitro benzene ring substituents is 1. The molecule has 1 N–H and O–H groups in total. The van der Waals surface area contributed by atoms with Crippen molar-refractivity contribution >= 4 is 17.3 Å². The number of hydrogen-bond acceptors (Lipinski definition) is 4. The van der Waals surface area contributed by atoms with Crippen LogP contribution < -0.4 is 4.90 Å². The van der Waals surface area contributed by atoms with Gasteiger partial charge in [0, 0.05) is 24.4 Å². The van der Waals surface area contributed by atoms with E-state index in [9.17, 15) is 20.0 Å². The number of anilines is 1. The third-order valence-electron chi connectivity index (χ3n) is 4.23. The molecule has 0 saturated carbocycles. The average molecular weight is 292 g/mol. The lowest BCUT2D eigenvalue weighted by molar-refractivity contribution is -0.384. The zero-order valence-corrected chi connectivity index (χ0v) is 12.3. The highest BCUT2D eigenvalue weighted by molar-refractivity contribution is 5.85. The highest BCUT2D eigenvalue weighted by Gasteiger charge is 2.47. The molecule has 0 radical (unpaired) electrons. The molecular formula is C15H20N2O4. The van der Waals surface area contributed by atoms with Crippen LogP contribution in [-0.2, 0) is 4.79 Å². The van der Waals surface area contributed by atoms with E-state index in [0.717, 1.165) is 24.1 Å². The smallest absolute Gasteiger partial charge is 0.329 e. The van der Waals surface area contributed by atoms with Gasteiger partial charge in [-0.05, 0) is 37.8 Å². The van der Waals surface area contributed by atoms with Crippen LogP contribution in [-0.4, -0.2) is 28.1 Å². The summed E-state index contributed by atoms with van der Waals surface area (Å²) >= 11 is 0. The van der Waals surface area contributed by atoms with Crippen LogP contribution >= 0.6 is 0 Å². The van der Waals surface area contributed by atoms with Crippen molar-refractivity contribution in [2.75, 3.05) is 11.4 Å². The Hall–Kier alpha value is -2.11. The molecule has 114 valence electrons. The number of hydrogen-bond donors (Lipinski definition) is 1. The molecule has 0 amide bonds. The molecule has 0 spiro atoms. The van der Waals surface area contributed by atoms with Crippen LogP contribution in [0.4, 0.5) is 11.4 Å². The lowest BCUT2D eigenvalue weighted by atomic mass is 9.90. The first-order valence-corrected chi connectivity index (χ1v) is 7.18. The van der Waals surface area contributed by atoms with Gasteiger partial charge in [-0.25, -0.2) is 4.79 Å². The summed E-state index contributed by atoms with van der Waals surface area (Å²) in [6.45, 7) is 4.44. The number of nitrogens with zero attached hydrogens (tertiary/aromatic N) is 2. The first-order valence-electron chi connectivity index (χ1n) is 7.18. The molecule has 0 aliphatic carbocycles. The zero-order chi connectivity index (χ0) is 15.6. The Morgan fingerprint density at radius 3 is 2.76 bits per heavy atom. The van der Waals surface area contributed by atoms with Gasteiger partial charge in [0.1, 0.15) is 5.54 Å². The quantitative estimate of drug-likeness (QED) is 0.666. The minimum absolute atomic E-state index is 0.0341. The summed E-state index contributed by atoms with van der Waals surface area (Å²) in [4.78, 5) is 24.1. The first-order chi connectivity index (χ1) is 9.92. The summed E-state index contributed by atoms with van der Waals surface area (Å²) in [5.74, 6) is -0.806. The Bertz CT molecular complexity index is 573. The number of benzene rings is 1. The molecule has 0 bridgehead atoms. The first kappa shape index (κ1) is 15.3. The molecule has 1 aliphatic rings. The zero-order valence-electron chi connectivity index (χ0n) is 12.3. The molecule has 1 fully saturated rings. The molecule has 2 rings (SSSR count). The van der Waals surface area contributed by atoms with E-state index in [1.165, 1.54) is 12.1 Å². The number of carboxylic acids is 1. The summed E-state index contributed by atoms with van der Waals surface area (Å²) in [5.41, 5.74) is 0.684.